The third-order valence-electron chi connectivity index (χ3n) is 5.28. The van der Waals surface area contributed by atoms with E-state index < -0.39 is 10.1 Å². The lowest BCUT2D eigenvalue weighted by Crippen LogP contribution is -2.16. The standard InChI is InChI=1S/C21H24ClFO3S/c1-3-26-27(24,25)21-11-4-14(2)12-19(21)16-7-5-15(6-8-16)18-10-9-17(23)13-20(18)22/h4,9-13,15-16H,3,5-8H2,1-2H3. The van der Waals surface area contributed by atoms with E-state index in [0.717, 1.165) is 42.4 Å². The van der Waals surface area contributed by atoms with Crippen LogP contribution in [0.1, 0.15) is 61.1 Å². The average Bonchev–Trinajstić information content (AvgIpc) is 2.61. The number of rotatable bonds is 5. The van der Waals surface area contributed by atoms with Crippen LogP contribution in [0.4, 0.5) is 4.39 Å². The third kappa shape index (κ3) is 4.53. The maximum atomic E-state index is 13.3. The van der Waals surface area contributed by atoms with Gasteiger partial charge in [-0.15, -0.1) is 0 Å². The van der Waals surface area contributed by atoms with Crippen molar-refractivity contribution in [3.8, 4) is 0 Å². The van der Waals surface area contributed by atoms with E-state index in [2.05, 4.69) is 0 Å². The zero-order chi connectivity index (χ0) is 19.6. The molecule has 0 spiro atoms. The highest BCUT2D eigenvalue weighted by molar-refractivity contribution is 7.86. The van der Waals surface area contributed by atoms with Crippen LogP contribution in [-0.2, 0) is 14.3 Å². The lowest BCUT2D eigenvalue weighted by Gasteiger charge is -2.30. The molecule has 1 aliphatic carbocycles. The maximum absolute atomic E-state index is 13.3. The highest BCUT2D eigenvalue weighted by atomic mass is 35.5. The van der Waals surface area contributed by atoms with Crippen molar-refractivity contribution in [2.45, 2.75) is 56.3 Å². The molecule has 3 rings (SSSR count). The van der Waals surface area contributed by atoms with Crippen LogP contribution in [0, 0.1) is 12.7 Å². The van der Waals surface area contributed by atoms with Crippen LogP contribution >= 0.6 is 11.6 Å². The van der Waals surface area contributed by atoms with Gasteiger partial charge in [-0.2, -0.15) is 8.42 Å². The first-order valence-corrected chi connectivity index (χ1v) is 11.1. The van der Waals surface area contributed by atoms with Crippen LogP contribution in [0.5, 0.6) is 0 Å². The molecule has 0 radical (unpaired) electrons. The highest BCUT2D eigenvalue weighted by Gasteiger charge is 2.29. The van der Waals surface area contributed by atoms with Crippen molar-refractivity contribution in [1.82, 2.24) is 0 Å². The molecule has 0 amide bonds. The van der Waals surface area contributed by atoms with E-state index in [9.17, 15) is 12.8 Å². The summed E-state index contributed by atoms with van der Waals surface area (Å²) < 4.78 is 43.3. The van der Waals surface area contributed by atoms with Crippen molar-refractivity contribution in [2.24, 2.45) is 0 Å². The van der Waals surface area contributed by atoms with Gasteiger partial charge in [-0.3, -0.25) is 4.18 Å². The minimum absolute atomic E-state index is 0.117. The summed E-state index contributed by atoms with van der Waals surface area (Å²) in [4.78, 5) is 0.276. The SMILES string of the molecule is CCOS(=O)(=O)c1ccc(C)cc1C1CCC(c2ccc(F)cc2Cl)CC1. The van der Waals surface area contributed by atoms with E-state index >= 15 is 0 Å². The molecule has 27 heavy (non-hydrogen) atoms. The molecule has 1 aliphatic rings. The van der Waals surface area contributed by atoms with Gasteiger partial charge in [0, 0.05) is 5.02 Å². The number of benzene rings is 2. The van der Waals surface area contributed by atoms with Crippen molar-refractivity contribution in [1.29, 1.82) is 0 Å². The lowest BCUT2D eigenvalue weighted by molar-refractivity contribution is 0.335. The largest absolute Gasteiger partial charge is 0.297 e. The number of aryl methyl sites for hydroxylation is 1. The molecule has 0 aromatic heterocycles. The van der Waals surface area contributed by atoms with E-state index in [1.165, 1.54) is 12.1 Å². The molecule has 6 heteroatoms. The summed E-state index contributed by atoms with van der Waals surface area (Å²) in [6.45, 7) is 3.75. The number of hydrogen-bond acceptors (Lipinski definition) is 3. The van der Waals surface area contributed by atoms with Crippen molar-refractivity contribution >= 4 is 21.7 Å². The van der Waals surface area contributed by atoms with Gasteiger partial charge in [-0.25, -0.2) is 4.39 Å². The van der Waals surface area contributed by atoms with Gasteiger partial charge < -0.3 is 0 Å². The van der Waals surface area contributed by atoms with Crippen LogP contribution in [0.3, 0.4) is 0 Å². The van der Waals surface area contributed by atoms with E-state index in [1.54, 1.807) is 25.1 Å². The quantitative estimate of drug-likeness (QED) is 0.571. The summed E-state index contributed by atoms with van der Waals surface area (Å²) in [5.41, 5.74) is 2.85. The van der Waals surface area contributed by atoms with Crippen LogP contribution < -0.4 is 0 Å². The van der Waals surface area contributed by atoms with Crippen molar-refractivity contribution in [3.05, 3.63) is 63.9 Å². The summed E-state index contributed by atoms with van der Waals surface area (Å²) in [6, 6.07) is 9.98. The topological polar surface area (TPSA) is 43.4 Å². The molecule has 146 valence electrons. The Kier molecular flexibility index (Phi) is 6.24. The summed E-state index contributed by atoms with van der Waals surface area (Å²) in [7, 11) is -3.75. The Bertz CT molecular complexity index is 919. The lowest BCUT2D eigenvalue weighted by atomic mass is 9.76. The number of halogens is 2. The van der Waals surface area contributed by atoms with Gasteiger partial charge >= 0.3 is 0 Å². The highest BCUT2D eigenvalue weighted by Crippen LogP contribution is 2.44. The fourth-order valence-corrected chi connectivity index (χ4v) is 5.49. The molecule has 0 aliphatic heterocycles. The van der Waals surface area contributed by atoms with Crippen LogP contribution in [0.2, 0.25) is 5.02 Å². The smallest absolute Gasteiger partial charge is 0.267 e. The molecular formula is C21H24ClFO3S. The summed E-state index contributed by atoms with van der Waals surface area (Å²) in [5, 5.41) is 0.466. The third-order valence-corrected chi connectivity index (χ3v) is 7.06. The van der Waals surface area contributed by atoms with Crippen LogP contribution in [-0.4, -0.2) is 15.0 Å². The molecule has 2 aromatic rings. The van der Waals surface area contributed by atoms with E-state index in [4.69, 9.17) is 15.8 Å². The van der Waals surface area contributed by atoms with Gasteiger partial charge in [0.2, 0.25) is 0 Å². The molecule has 0 atom stereocenters. The Hall–Kier alpha value is -1.43. The van der Waals surface area contributed by atoms with Gasteiger partial charge in [0.15, 0.2) is 0 Å². The summed E-state index contributed by atoms with van der Waals surface area (Å²) >= 11 is 6.22. The van der Waals surface area contributed by atoms with Crippen molar-refractivity contribution in [2.75, 3.05) is 6.61 Å². The van der Waals surface area contributed by atoms with Crippen LogP contribution in [0.25, 0.3) is 0 Å². The first-order valence-electron chi connectivity index (χ1n) is 9.26. The first kappa shape index (κ1) is 20.3. The second kappa shape index (κ2) is 8.29. The van der Waals surface area contributed by atoms with E-state index in [0.29, 0.717) is 5.02 Å². The van der Waals surface area contributed by atoms with Gasteiger partial charge in [0.05, 0.1) is 11.5 Å². The minimum Gasteiger partial charge on any atom is -0.267 e. The normalized spacial score (nSPS) is 20.6. The number of hydrogen-bond donors (Lipinski definition) is 0. The molecule has 3 nitrogen and oxygen atoms in total. The Balaban J connectivity index is 1.83. The van der Waals surface area contributed by atoms with Crippen molar-refractivity contribution < 1.29 is 17.0 Å². The zero-order valence-electron chi connectivity index (χ0n) is 15.5. The molecule has 0 heterocycles. The molecule has 1 saturated carbocycles. The first-order chi connectivity index (χ1) is 12.8. The fraction of sp³-hybridized carbons (Fsp3) is 0.429. The molecule has 0 saturated heterocycles. The van der Waals surface area contributed by atoms with Gasteiger partial charge in [-0.05, 0) is 80.7 Å². The Morgan fingerprint density at radius 2 is 1.67 bits per heavy atom. The average molecular weight is 411 g/mol. The van der Waals surface area contributed by atoms with Crippen molar-refractivity contribution in [3.63, 3.8) is 0 Å². The van der Waals surface area contributed by atoms with Gasteiger partial charge in [0.1, 0.15) is 5.82 Å². The Labute approximate surface area is 165 Å². The molecular weight excluding hydrogens is 387 g/mol. The molecule has 2 aromatic carbocycles. The molecule has 0 bridgehead atoms. The maximum Gasteiger partial charge on any atom is 0.297 e. The Morgan fingerprint density at radius 3 is 2.26 bits per heavy atom. The fourth-order valence-electron chi connectivity index (χ4n) is 3.98. The second-order valence-corrected chi connectivity index (χ2v) is 9.11. The second-order valence-electron chi connectivity index (χ2n) is 7.12. The Morgan fingerprint density at radius 1 is 1.04 bits per heavy atom. The monoisotopic (exact) mass is 410 g/mol. The van der Waals surface area contributed by atoms with Crippen LogP contribution in [0.15, 0.2) is 41.3 Å². The summed E-state index contributed by atoms with van der Waals surface area (Å²) in [6.07, 6.45) is 3.49. The molecule has 0 unspecified atom stereocenters. The zero-order valence-corrected chi connectivity index (χ0v) is 17.1. The van der Waals surface area contributed by atoms with E-state index in [1.807, 2.05) is 13.0 Å². The predicted octanol–water partition coefficient (Wildman–Crippen LogP) is 5.95. The predicted molar refractivity (Wildman–Crippen MR) is 105 cm³/mol. The summed E-state index contributed by atoms with van der Waals surface area (Å²) in [5.74, 6) is 0.0969. The van der Waals surface area contributed by atoms with Gasteiger partial charge in [-0.1, -0.05) is 35.4 Å². The molecule has 0 N–H and O–H groups in total. The minimum atomic E-state index is -3.75. The molecule has 1 fully saturated rings. The van der Waals surface area contributed by atoms with E-state index in [-0.39, 0.29) is 29.2 Å². The van der Waals surface area contributed by atoms with Gasteiger partial charge in [0.25, 0.3) is 10.1 Å².